The lowest BCUT2D eigenvalue weighted by atomic mass is 9.79. The highest BCUT2D eigenvalue weighted by atomic mass is 32.2. The van der Waals surface area contributed by atoms with Crippen molar-refractivity contribution in [2.75, 3.05) is 19.8 Å². The normalized spacial score (nSPS) is 25.9. The van der Waals surface area contributed by atoms with Crippen molar-refractivity contribution in [1.82, 2.24) is 19.2 Å². The monoisotopic (exact) mass is 702 g/mol. The molecule has 1 N–H and O–H groups in total. The van der Waals surface area contributed by atoms with E-state index in [0.717, 1.165) is 9.74 Å². The third-order valence-electron chi connectivity index (χ3n) is 9.92. The Morgan fingerprint density at radius 1 is 1.23 bits per heavy atom. The molecule has 5 heterocycles. The number of imidazole rings is 1. The summed E-state index contributed by atoms with van der Waals surface area (Å²) >= 11 is 2.93. The van der Waals surface area contributed by atoms with Crippen molar-refractivity contribution in [1.29, 1.82) is 0 Å². The Morgan fingerprint density at radius 2 is 1.91 bits per heavy atom. The highest BCUT2D eigenvalue weighted by Crippen LogP contribution is 2.54. The van der Waals surface area contributed by atoms with E-state index in [-0.39, 0.29) is 59.7 Å². The fraction of sp³-hybridized carbons (Fsp3) is 0.576. The summed E-state index contributed by atoms with van der Waals surface area (Å²) in [5.41, 5.74) is 0.882. The standard InChI is InChI=1S/C33H46N4O7S2Si/c1-10-12-42-31(40)27-29(19(3)26-25(30(39)37(26)27)20(4)44-47(8,9)33(5,6)7)46-21-14-22(35(16-21)32(41)43-13-11-2)28(38)23-17-45-24-15-34-18-36(23)24/h10-11,15,17-22,25-26,28,38H,1-2,12-14,16H2,3-9H3/t19-,20-,21+,22+,25-,26-,28?/m1/s1. The molecular formula is C33H46N4O7S2Si. The lowest BCUT2D eigenvalue weighted by Gasteiger charge is -2.50. The number of carbonyl (C=O) groups excluding carboxylic acids is 3. The van der Waals surface area contributed by atoms with Gasteiger partial charge in [0.1, 0.15) is 36.2 Å². The minimum atomic E-state index is -2.17. The molecule has 7 atom stereocenters. The quantitative estimate of drug-likeness (QED) is 0.127. The molecule has 0 spiro atoms. The maximum absolute atomic E-state index is 13.8. The summed E-state index contributed by atoms with van der Waals surface area (Å²) in [6.07, 6.45) is 4.91. The number of carbonyl (C=O) groups is 3. The van der Waals surface area contributed by atoms with Crippen molar-refractivity contribution in [3.8, 4) is 0 Å². The molecule has 14 heteroatoms. The zero-order chi connectivity index (χ0) is 34.4. The van der Waals surface area contributed by atoms with Gasteiger partial charge in [0.25, 0.3) is 0 Å². The Bertz CT molecular complexity index is 1580. The highest BCUT2D eigenvalue weighted by molar-refractivity contribution is 8.03. The van der Waals surface area contributed by atoms with Gasteiger partial charge in [0.2, 0.25) is 5.91 Å². The van der Waals surface area contributed by atoms with Crippen molar-refractivity contribution in [3.63, 3.8) is 0 Å². The molecule has 2 aromatic heterocycles. The molecule has 2 fully saturated rings. The maximum Gasteiger partial charge on any atom is 0.410 e. The Kier molecular flexibility index (Phi) is 10.2. The van der Waals surface area contributed by atoms with E-state index in [9.17, 15) is 19.5 Å². The lowest BCUT2D eigenvalue weighted by Crippen LogP contribution is -2.65. The van der Waals surface area contributed by atoms with E-state index in [1.807, 2.05) is 23.6 Å². The molecule has 0 saturated carbocycles. The van der Waals surface area contributed by atoms with Crippen LogP contribution in [0.4, 0.5) is 4.79 Å². The second kappa shape index (κ2) is 13.5. The number of hydrogen-bond acceptors (Lipinski definition) is 10. The molecule has 3 aliphatic heterocycles. The Balaban J connectivity index is 1.42. The smallest absolute Gasteiger partial charge is 0.410 e. The summed E-state index contributed by atoms with van der Waals surface area (Å²) in [6, 6.07) is -0.851. The van der Waals surface area contributed by atoms with Gasteiger partial charge < -0.3 is 28.8 Å². The van der Waals surface area contributed by atoms with Gasteiger partial charge in [-0.2, -0.15) is 0 Å². The van der Waals surface area contributed by atoms with Crippen molar-refractivity contribution < 1.29 is 33.4 Å². The van der Waals surface area contributed by atoms with Crippen molar-refractivity contribution in [2.24, 2.45) is 11.8 Å². The second-order valence-electron chi connectivity index (χ2n) is 14.0. The molecule has 2 amide bonds. The van der Waals surface area contributed by atoms with Crippen molar-refractivity contribution >= 4 is 54.2 Å². The van der Waals surface area contributed by atoms with Gasteiger partial charge in [-0.25, -0.2) is 14.6 Å². The largest absolute Gasteiger partial charge is 0.457 e. The van der Waals surface area contributed by atoms with Crippen molar-refractivity contribution in [2.45, 2.75) is 88.7 Å². The molecule has 1 unspecified atom stereocenters. The van der Waals surface area contributed by atoms with Gasteiger partial charge in [-0.15, -0.1) is 23.1 Å². The van der Waals surface area contributed by atoms with Crippen LogP contribution in [0.3, 0.4) is 0 Å². The van der Waals surface area contributed by atoms with E-state index in [0.29, 0.717) is 12.1 Å². The minimum absolute atomic E-state index is 0.0135. The maximum atomic E-state index is 13.8. The number of amides is 2. The summed E-state index contributed by atoms with van der Waals surface area (Å²) in [5, 5.41) is 13.3. The fourth-order valence-electron chi connectivity index (χ4n) is 6.54. The van der Waals surface area contributed by atoms with Crippen LogP contribution < -0.4 is 0 Å². The van der Waals surface area contributed by atoms with Crippen LogP contribution in [-0.2, 0) is 23.5 Å². The van der Waals surface area contributed by atoms with Gasteiger partial charge in [-0.3, -0.25) is 9.20 Å². The third-order valence-corrected chi connectivity index (χ3v) is 16.9. The molecule has 0 aliphatic carbocycles. The number of β-lactam (4-membered cyclic amide) rings is 1. The SMILES string of the molecule is C=CCOC(=O)C1=C(S[C@H]2C[C@@H](C(O)c3csc4cncn34)N(C(=O)OCC=C)C2)[C@H](C)[C@@H]2[C@@H]([C@@H](C)O[Si](C)(C)C(C)(C)C)C(=O)N12. The van der Waals surface area contributed by atoms with Gasteiger partial charge in [-0.1, -0.05) is 53.0 Å². The van der Waals surface area contributed by atoms with Crippen LogP contribution in [0.5, 0.6) is 0 Å². The average Bonchev–Trinajstić information content (AvgIpc) is 3.77. The second-order valence-corrected chi connectivity index (χ2v) is 21.0. The number of thioether (sulfide) groups is 1. The van der Waals surface area contributed by atoms with E-state index < -0.39 is 38.4 Å². The first-order valence-electron chi connectivity index (χ1n) is 15.9. The number of rotatable bonds is 12. The first-order valence-corrected chi connectivity index (χ1v) is 20.6. The number of aliphatic hydroxyl groups excluding tert-OH is 1. The number of likely N-dealkylation sites (tertiary alicyclic amines) is 1. The predicted molar refractivity (Wildman–Crippen MR) is 185 cm³/mol. The van der Waals surface area contributed by atoms with E-state index in [1.54, 1.807) is 22.3 Å². The van der Waals surface area contributed by atoms with Crippen molar-refractivity contribution in [3.05, 3.63) is 59.5 Å². The lowest BCUT2D eigenvalue weighted by molar-refractivity contribution is -0.163. The topological polar surface area (TPSA) is 123 Å². The van der Waals surface area contributed by atoms with Gasteiger partial charge in [-0.05, 0) is 31.5 Å². The molecule has 0 aromatic carbocycles. The van der Waals surface area contributed by atoms with Gasteiger partial charge in [0, 0.05) is 28.0 Å². The number of hydrogen-bond donors (Lipinski definition) is 1. The Morgan fingerprint density at radius 3 is 2.57 bits per heavy atom. The fourth-order valence-corrected chi connectivity index (χ4v) is 10.4. The number of fused-ring (bicyclic) bond motifs is 2. The predicted octanol–water partition coefficient (Wildman–Crippen LogP) is 5.76. The molecule has 256 valence electrons. The number of esters is 1. The molecule has 5 rings (SSSR count). The summed E-state index contributed by atoms with van der Waals surface area (Å²) in [4.78, 5) is 49.5. The van der Waals surface area contributed by atoms with Crippen LogP contribution in [0.2, 0.25) is 18.1 Å². The van der Waals surface area contributed by atoms with Crippen LogP contribution in [-0.4, -0.2) is 93.8 Å². The van der Waals surface area contributed by atoms with Gasteiger partial charge >= 0.3 is 12.1 Å². The molecule has 11 nitrogen and oxygen atoms in total. The average molecular weight is 703 g/mol. The van der Waals surface area contributed by atoms with Crippen LogP contribution in [0.15, 0.2) is 53.8 Å². The zero-order valence-electron chi connectivity index (χ0n) is 28.2. The van der Waals surface area contributed by atoms with E-state index in [4.69, 9.17) is 13.9 Å². The Labute approximate surface area is 285 Å². The summed E-state index contributed by atoms with van der Waals surface area (Å²) in [6.45, 7) is 22.5. The van der Waals surface area contributed by atoms with E-state index >= 15 is 0 Å². The number of aromatic nitrogens is 2. The van der Waals surface area contributed by atoms with Gasteiger partial charge in [0.15, 0.2) is 8.32 Å². The number of thiazole rings is 1. The summed E-state index contributed by atoms with van der Waals surface area (Å²) < 4.78 is 19.4. The molecule has 47 heavy (non-hydrogen) atoms. The number of aliphatic hydroxyl groups is 1. The van der Waals surface area contributed by atoms with Gasteiger partial charge in [0.05, 0.1) is 36.0 Å². The summed E-state index contributed by atoms with van der Waals surface area (Å²) in [5.74, 6) is -1.30. The third kappa shape index (κ3) is 6.46. The summed E-state index contributed by atoms with van der Waals surface area (Å²) in [7, 11) is -2.17. The van der Waals surface area contributed by atoms with E-state index in [2.05, 4.69) is 52.0 Å². The molecule has 2 aromatic rings. The molecular weight excluding hydrogens is 657 g/mol. The molecule has 3 aliphatic rings. The Hall–Kier alpha value is -2.91. The van der Waals surface area contributed by atoms with Crippen LogP contribution in [0.1, 0.15) is 52.8 Å². The molecule has 0 radical (unpaired) electrons. The van der Waals surface area contributed by atoms with Crippen LogP contribution >= 0.6 is 23.1 Å². The van der Waals surface area contributed by atoms with Crippen LogP contribution in [0.25, 0.3) is 4.83 Å². The van der Waals surface area contributed by atoms with E-state index in [1.165, 1.54) is 35.3 Å². The minimum Gasteiger partial charge on any atom is -0.457 e. The number of nitrogens with zero attached hydrogens (tertiary/aromatic N) is 4. The highest BCUT2D eigenvalue weighted by Gasteiger charge is 2.61. The first-order chi connectivity index (χ1) is 22.1. The molecule has 0 bridgehead atoms. The molecule has 2 saturated heterocycles. The first kappa shape index (κ1) is 35.4. The zero-order valence-corrected chi connectivity index (χ0v) is 30.8. The van der Waals surface area contributed by atoms with Crippen LogP contribution in [0, 0.1) is 11.8 Å². The number of ether oxygens (including phenoxy) is 2.